The van der Waals surface area contributed by atoms with E-state index in [9.17, 15) is 18.0 Å². The lowest BCUT2D eigenvalue weighted by molar-refractivity contribution is -0.120. The van der Waals surface area contributed by atoms with E-state index in [1.165, 1.54) is 6.92 Å². The summed E-state index contributed by atoms with van der Waals surface area (Å²) in [7, 11) is -3.61. The number of halogens is 1. The van der Waals surface area contributed by atoms with Gasteiger partial charge in [-0.15, -0.1) is 0 Å². The Balaban J connectivity index is 2.04. The van der Waals surface area contributed by atoms with Crippen LogP contribution in [0.2, 0.25) is 5.02 Å². The number of amides is 2. The second kappa shape index (κ2) is 8.98. The summed E-state index contributed by atoms with van der Waals surface area (Å²) in [4.78, 5) is 23.8. The lowest BCUT2D eigenvalue weighted by Gasteiger charge is -2.18. The Bertz CT molecular complexity index is 913. The van der Waals surface area contributed by atoms with Gasteiger partial charge < -0.3 is 10.6 Å². The van der Waals surface area contributed by atoms with Crippen LogP contribution in [0, 0.1) is 0 Å². The zero-order valence-electron chi connectivity index (χ0n) is 14.6. The number of nitrogens with two attached hydrogens (primary N) is 1. The summed E-state index contributed by atoms with van der Waals surface area (Å²) in [5.41, 5.74) is 1.79. The fraction of sp³-hybridized carbons (Fsp3) is 0.222. The Labute approximate surface area is 163 Å². The smallest absolute Gasteiger partial charge is 0.226 e. The molecule has 27 heavy (non-hydrogen) atoms. The van der Waals surface area contributed by atoms with Crippen molar-refractivity contribution in [2.24, 2.45) is 5.14 Å². The van der Waals surface area contributed by atoms with Crippen LogP contribution in [-0.2, 0) is 25.4 Å². The molecule has 4 N–H and O–H groups in total. The van der Waals surface area contributed by atoms with E-state index in [-0.39, 0.29) is 24.0 Å². The lowest BCUT2D eigenvalue weighted by Crippen LogP contribution is -2.29. The van der Waals surface area contributed by atoms with E-state index < -0.39 is 16.1 Å². The average molecular weight is 410 g/mol. The lowest BCUT2D eigenvalue weighted by atomic mass is 10.0. The second-order valence-electron chi connectivity index (χ2n) is 6.06. The molecule has 0 aliphatic carbocycles. The first-order valence-electron chi connectivity index (χ1n) is 8.04. The van der Waals surface area contributed by atoms with Gasteiger partial charge in [0.05, 0.1) is 18.2 Å². The molecule has 0 aromatic heterocycles. The molecule has 0 fully saturated rings. The molecule has 0 aliphatic heterocycles. The third-order valence-corrected chi connectivity index (χ3v) is 4.63. The van der Waals surface area contributed by atoms with Gasteiger partial charge in [0.1, 0.15) is 0 Å². The van der Waals surface area contributed by atoms with Crippen LogP contribution >= 0.6 is 11.6 Å². The first-order chi connectivity index (χ1) is 12.6. The Morgan fingerprint density at radius 2 is 1.67 bits per heavy atom. The Morgan fingerprint density at radius 3 is 2.19 bits per heavy atom. The number of benzene rings is 2. The van der Waals surface area contributed by atoms with Crippen molar-refractivity contribution in [1.29, 1.82) is 0 Å². The molecule has 2 rings (SSSR count). The van der Waals surface area contributed by atoms with Gasteiger partial charge in [-0.2, -0.15) is 0 Å². The first-order valence-corrected chi connectivity index (χ1v) is 10.1. The molecule has 0 heterocycles. The van der Waals surface area contributed by atoms with Gasteiger partial charge in [0.15, 0.2) is 0 Å². The molecule has 0 spiro atoms. The average Bonchev–Trinajstić information content (AvgIpc) is 2.55. The minimum absolute atomic E-state index is 0.0279. The number of rotatable bonds is 7. The van der Waals surface area contributed by atoms with E-state index in [0.717, 1.165) is 5.56 Å². The van der Waals surface area contributed by atoms with E-state index >= 15 is 0 Å². The molecule has 0 bridgehead atoms. The number of sulfonamides is 1. The van der Waals surface area contributed by atoms with Gasteiger partial charge in [-0.1, -0.05) is 35.9 Å². The fourth-order valence-corrected chi connectivity index (χ4v) is 3.29. The summed E-state index contributed by atoms with van der Waals surface area (Å²) < 4.78 is 22.2. The molecule has 1 atom stereocenters. The third-order valence-electron chi connectivity index (χ3n) is 3.64. The maximum absolute atomic E-state index is 12.4. The molecule has 0 radical (unpaired) electrons. The van der Waals surface area contributed by atoms with Gasteiger partial charge in [0, 0.05) is 17.6 Å². The van der Waals surface area contributed by atoms with Crippen LogP contribution in [-0.4, -0.2) is 20.2 Å². The van der Waals surface area contributed by atoms with Crippen LogP contribution in [0.1, 0.15) is 30.5 Å². The minimum atomic E-state index is -3.61. The van der Waals surface area contributed by atoms with E-state index in [0.29, 0.717) is 16.3 Å². The molecule has 2 aromatic rings. The van der Waals surface area contributed by atoms with Crippen molar-refractivity contribution in [3.8, 4) is 0 Å². The third kappa shape index (κ3) is 7.38. The maximum atomic E-state index is 12.4. The number of carbonyl (C=O) groups is 2. The highest BCUT2D eigenvalue weighted by Gasteiger charge is 2.17. The predicted molar refractivity (Wildman–Crippen MR) is 105 cm³/mol. The molecule has 2 aromatic carbocycles. The van der Waals surface area contributed by atoms with Gasteiger partial charge >= 0.3 is 0 Å². The second-order valence-corrected chi connectivity index (χ2v) is 8.11. The van der Waals surface area contributed by atoms with Crippen LogP contribution < -0.4 is 15.8 Å². The molecule has 144 valence electrons. The first kappa shape index (κ1) is 20.9. The summed E-state index contributed by atoms with van der Waals surface area (Å²) >= 11 is 5.88. The summed E-state index contributed by atoms with van der Waals surface area (Å²) in [5.74, 6) is -0.833. The Kier molecular flexibility index (Phi) is 6.95. The van der Waals surface area contributed by atoms with E-state index in [4.69, 9.17) is 16.7 Å². The molecular weight excluding hydrogens is 390 g/mol. The Morgan fingerprint density at radius 1 is 1.07 bits per heavy atom. The van der Waals surface area contributed by atoms with Crippen molar-refractivity contribution >= 4 is 39.1 Å². The molecule has 7 nitrogen and oxygen atoms in total. The van der Waals surface area contributed by atoms with Gasteiger partial charge in [0.25, 0.3) is 0 Å². The highest BCUT2D eigenvalue weighted by Crippen LogP contribution is 2.20. The van der Waals surface area contributed by atoms with Crippen molar-refractivity contribution < 1.29 is 18.0 Å². The van der Waals surface area contributed by atoms with Crippen LogP contribution in [0.5, 0.6) is 0 Å². The van der Waals surface area contributed by atoms with Crippen LogP contribution in [0.4, 0.5) is 5.69 Å². The zero-order chi connectivity index (χ0) is 20.0. The van der Waals surface area contributed by atoms with Crippen molar-refractivity contribution in [2.75, 3.05) is 5.32 Å². The van der Waals surface area contributed by atoms with Crippen molar-refractivity contribution in [3.63, 3.8) is 0 Å². The normalized spacial score (nSPS) is 12.3. The number of hydrogen-bond donors (Lipinski definition) is 3. The molecule has 9 heteroatoms. The number of anilines is 1. The maximum Gasteiger partial charge on any atom is 0.226 e. The zero-order valence-corrected chi connectivity index (χ0v) is 16.2. The summed E-state index contributed by atoms with van der Waals surface area (Å²) in [6.07, 6.45) is 0.0279. The number of hydrogen-bond acceptors (Lipinski definition) is 4. The van der Waals surface area contributed by atoms with E-state index in [1.54, 1.807) is 48.5 Å². The monoisotopic (exact) mass is 409 g/mol. The quantitative estimate of drug-likeness (QED) is 0.650. The molecule has 1 unspecified atom stereocenters. The van der Waals surface area contributed by atoms with Crippen LogP contribution in [0.25, 0.3) is 0 Å². The van der Waals surface area contributed by atoms with Crippen LogP contribution in [0.3, 0.4) is 0 Å². The summed E-state index contributed by atoms with van der Waals surface area (Å²) in [6, 6.07) is 12.7. The molecular formula is C18H20ClN3O4S. The minimum Gasteiger partial charge on any atom is -0.349 e. The fourth-order valence-electron chi connectivity index (χ4n) is 2.51. The van der Waals surface area contributed by atoms with E-state index in [2.05, 4.69) is 10.6 Å². The highest BCUT2D eigenvalue weighted by atomic mass is 35.5. The largest absolute Gasteiger partial charge is 0.349 e. The number of primary sulfonamides is 1. The standard InChI is InChI=1S/C18H20ClN3O4S/c1-12(23)21-17(14-4-6-15(19)7-5-14)10-18(24)22-16-8-2-13(3-9-16)11-27(20,25)26/h2-9,17H,10-11H2,1H3,(H,21,23)(H,22,24)(H2,20,25,26). The van der Waals surface area contributed by atoms with Crippen molar-refractivity contribution in [2.45, 2.75) is 25.1 Å². The number of nitrogens with one attached hydrogen (secondary N) is 2. The molecule has 2 amide bonds. The van der Waals surface area contributed by atoms with Crippen molar-refractivity contribution in [3.05, 3.63) is 64.7 Å². The summed E-state index contributed by atoms with van der Waals surface area (Å²) in [6.45, 7) is 1.38. The van der Waals surface area contributed by atoms with Gasteiger partial charge in [0.2, 0.25) is 21.8 Å². The molecule has 0 aliphatic rings. The highest BCUT2D eigenvalue weighted by molar-refractivity contribution is 7.88. The van der Waals surface area contributed by atoms with Crippen LogP contribution in [0.15, 0.2) is 48.5 Å². The summed E-state index contributed by atoms with van der Waals surface area (Å²) in [5, 5.41) is 11.0. The van der Waals surface area contributed by atoms with Crippen molar-refractivity contribution in [1.82, 2.24) is 5.32 Å². The topological polar surface area (TPSA) is 118 Å². The van der Waals surface area contributed by atoms with Gasteiger partial charge in [-0.25, -0.2) is 13.6 Å². The van der Waals surface area contributed by atoms with Gasteiger partial charge in [-0.05, 0) is 35.4 Å². The Hall–Kier alpha value is -2.42. The molecule has 0 saturated heterocycles. The van der Waals surface area contributed by atoms with Gasteiger partial charge in [-0.3, -0.25) is 9.59 Å². The SMILES string of the molecule is CC(=O)NC(CC(=O)Nc1ccc(CS(N)(=O)=O)cc1)c1ccc(Cl)cc1. The molecule has 0 saturated carbocycles. The van der Waals surface area contributed by atoms with E-state index in [1.807, 2.05) is 0 Å². The number of carbonyl (C=O) groups excluding carboxylic acids is 2. The predicted octanol–water partition coefficient (Wildman–Crippen LogP) is 2.33.